The van der Waals surface area contributed by atoms with Gasteiger partial charge in [-0.25, -0.2) is 8.42 Å². The molecule has 1 aromatic rings. The largest absolute Gasteiger partial charge is 0.481 e. The van der Waals surface area contributed by atoms with Gasteiger partial charge in [0.1, 0.15) is 0 Å². The van der Waals surface area contributed by atoms with E-state index in [0.29, 0.717) is 6.42 Å². The first kappa shape index (κ1) is 14.1. The number of sulfone groups is 1. The van der Waals surface area contributed by atoms with Gasteiger partial charge in [-0.3, -0.25) is 9.59 Å². The van der Waals surface area contributed by atoms with Gasteiger partial charge in [-0.2, -0.15) is 4.98 Å². The molecule has 0 spiro atoms. The second-order valence-corrected chi connectivity index (χ2v) is 7.37. The normalized spacial score (nSPS) is 21.4. The molecule has 2 heterocycles. The van der Waals surface area contributed by atoms with Gasteiger partial charge in [-0.15, -0.1) is 0 Å². The van der Waals surface area contributed by atoms with Gasteiger partial charge >= 0.3 is 5.97 Å². The van der Waals surface area contributed by atoms with Gasteiger partial charge < -0.3 is 9.67 Å². The molecule has 1 aliphatic rings. The van der Waals surface area contributed by atoms with Crippen molar-refractivity contribution in [1.82, 2.24) is 9.55 Å². The molecule has 0 aromatic carbocycles. The number of carboxylic acid groups (broad SMARTS) is 1. The van der Waals surface area contributed by atoms with Crippen LogP contribution in [0.5, 0.6) is 0 Å². The van der Waals surface area contributed by atoms with Crippen LogP contribution in [0.15, 0.2) is 22.2 Å². The fraction of sp³-hybridized carbons (Fsp3) is 0.500. The molecule has 1 aromatic heterocycles. The number of carboxylic acids is 1. The first-order chi connectivity index (χ1) is 8.87. The molecule has 9 heteroatoms. The van der Waals surface area contributed by atoms with E-state index >= 15 is 0 Å². The van der Waals surface area contributed by atoms with Crippen molar-refractivity contribution in [3.63, 3.8) is 0 Å². The van der Waals surface area contributed by atoms with Gasteiger partial charge in [-0.1, -0.05) is 11.8 Å². The first-order valence-electron chi connectivity index (χ1n) is 5.51. The van der Waals surface area contributed by atoms with Crippen LogP contribution >= 0.6 is 11.8 Å². The molecule has 0 aliphatic carbocycles. The van der Waals surface area contributed by atoms with Crippen molar-refractivity contribution in [2.45, 2.75) is 17.6 Å². The molecule has 0 radical (unpaired) electrons. The zero-order chi connectivity index (χ0) is 14.0. The minimum atomic E-state index is -3.05. The highest BCUT2D eigenvalue weighted by Crippen LogP contribution is 2.27. The topological polar surface area (TPSA) is 106 Å². The summed E-state index contributed by atoms with van der Waals surface area (Å²) in [6.45, 7) is 0. The minimum Gasteiger partial charge on any atom is -0.481 e. The Morgan fingerprint density at radius 3 is 2.89 bits per heavy atom. The average Bonchev–Trinajstić information content (AvgIpc) is 2.67. The van der Waals surface area contributed by atoms with Crippen LogP contribution in [0.4, 0.5) is 0 Å². The highest BCUT2D eigenvalue weighted by molar-refractivity contribution is 7.99. The second-order valence-electron chi connectivity index (χ2n) is 4.19. The van der Waals surface area contributed by atoms with Gasteiger partial charge in [0.2, 0.25) is 0 Å². The summed E-state index contributed by atoms with van der Waals surface area (Å²) in [7, 11) is -3.05. The SMILES string of the molecule is O=C(O)CSc1nc(=O)ccn1C1CCS(=O)(=O)C1. The van der Waals surface area contributed by atoms with E-state index in [1.165, 1.54) is 12.3 Å². The lowest BCUT2D eigenvalue weighted by molar-refractivity contribution is -0.133. The molecule has 0 amide bonds. The summed E-state index contributed by atoms with van der Waals surface area (Å²) in [6, 6.07) is 0.963. The Labute approximate surface area is 113 Å². The summed E-state index contributed by atoms with van der Waals surface area (Å²) in [5.41, 5.74) is -0.468. The fourth-order valence-corrected chi connectivity index (χ4v) is 4.38. The Bertz CT molecular complexity index is 652. The summed E-state index contributed by atoms with van der Waals surface area (Å²) < 4.78 is 24.5. The van der Waals surface area contributed by atoms with E-state index in [9.17, 15) is 18.0 Å². The van der Waals surface area contributed by atoms with Crippen LogP contribution in [-0.2, 0) is 14.6 Å². The second kappa shape index (κ2) is 5.33. The molecule has 2 rings (SSSR count). The fourth-order valence-electron chi connectivity index (χ4n) is 1.90. The van der Waals surface area contributed by atoms with Crippen LogP contribution in [0.3, 0.4) is 0 Å². The number of aliphatic carboxylic acids is 1. The van der Waals surface area contributed by atoms with Gasteiger partial charge in [0.25, 0.3) is 5.56 Å². The monoisotopic (exact) mass is 304 g/mol. The number of aromatic nitrogens is 2. The molecule has 0 bridgehead atoms. The summed E-state index contributed by atoms with van der Waals surface area (Å²) in [4.78, 5) is 25.5. The Balaban J connectivity index is 2.29. The van der Waals surface area contributed by atoms with Crippen molar-refractivity contribution in [1.29, 1.82) is 0 Å². The van der Waals surface area contributed by atoms with Crippen molar-refractivity contribution in [2.24, 2.45) is 0 Å². The van der Waals surface area contributed by atoms with Crippen LogP contribution in [0, 0.1) is 0 Å². The van der Waals surface area contributed by atoms with Crippen LogP contribution in [0.2, 0.25) is 0 Å². The summed E-state index contributed by atoms with van der Waals surface area (Å²) >= 11 is 0.914. The minimum absolute atomic E-state index is 0.00180. The lowest BCUT2D eigenvalue weighted by Gasteiger charge is -2.16. The van der Waals surface area contributed by atoms with Crippen molar-refractivity contribution in [3.05, 3.63) is 22.6 Å². The molecule has 104 valence electrons. The third-order valence-electron chi connectivity index (χ3n) is 2.73. The maximum atomic E-state index is 11.5. The number of carbonyl (C=O) groups is 1. The quantitative estimate of drug-likeness (QED) is 0.605. The summed E-state index contributed by atoms with van der Waals surface area (Å²) in [5.74, 6) is -1.14. The van der Waals surface area contributed by atoms with Crippen LogP contribution < -0.4 is 5.56 Å². The van der Waals surface area contributed by atoms with E-state index in [-0.39, 0.29) is 28.5 Å². The number of hydrogen-bond acceptors (Lipinski definition) is 6. The molecule has 7 nitrogen and oxygen atoms in total. The molecule has 0 saturated carbocycles. The highest BCUT2D eigenvalue weighted by atomic mass is 32.2. The van der Waals surface area contributed by atoms with E-state index in [2.05, 4.69) is 4.98 Å². The van der Waals surface area contributed by atoms with Crippen LogP contribution in [-0.4, -0.2) is 46.3 Å². The molecule has 1 fully saturated rings. The first-order valence-corrected chi connectivity index (χ1v) is 8.32. The van der Waals surface area contributed by atoms with E-state index in [0.717, 1.165) is 11.8 Å². The van der Waals surface area contributed by atoms with E-state index in [1.54, 1.807) is 4.57 Å². The molecular weight excluding hydrogens is 292 g/mol. The third kappa shape index (κ3) is 3.57. The van der Waals surface area contributed by atoms with Crippen molar-refractivity contribution < 1.29 is 18.3 Å². The zero-order valence-electron chi connectivity index (χ0n) is 9.85. The van der Waals surface area contributed by atoms with Gasteiger partial charge in [0.05, 0.1) is 23.3 Å². The Kier molecular flexibility index (Phi) is 3.95. The zero-order valence-corrected chi connectivity index (χ0v) is 11.5. The summed E-state index contributed by atoms with van der Waals surface area (Å²) in [5, 5.41) is 8.90. The molecule has 1 saturated heterocycles. The summed E-state index contributed by atoms with van der Waals surface area (Å²) in [6.07, 6.45) is 1.93. The molecular formula is C10H12N2O5S2. The molecule has 1 unspecified atom stereocenters. The highest BCUT2D eigenvalue weighted by Gasteiger charge is 2.30. The smallest absolute Gasteiger partial charge is 0.313 e. The van der Waals surface area contributed by atoms with Crippen molar-refractivity contribution >= 4 is 27.6 Å². The molecule has 1 aliphatic heterocycles. The maximum absolute atomic E-state index is 11.5. The lowest BCUT2D eigenvalue weighted by atomic mass is 10.2. The van der Waals surface area contributed by atoms with E-state index < -0.39 is 21.4 Å². The standard InChI is InChI=1S/C10H12N2O5S2/c13-8-1-3-12(7-2-4-19(16,17)6-7)10(11-8)18-5-9(14)15/h1,3,7H,2,4-6H2,(H,14,15). The molecule has 1 atom stereocenters. The van der Waals surface area contributed by atoms with Crippen LogP contribution in [0.1, 0.15) is 12.5 Å². The molecule has 1 N–H and O–H groups in total. The maximum Gasteiger partial charge on any atom is 0.313 e. The molecule has 19 heavy (non-hydrogen) atoms. The Hall–Kier alpha value is -1.35. The third-order valence-corrected chi connectivity index (χ3v) is 5.43. The van der Waals surface area contributed by atoms with Gasteiger partial charge in [-0.05, 0) is 6.42 Å². The number of rotatable bonds is 4. The number of hydrogen-bond donors (Lipinski definition) is 1. The number of nitrogens with zero attached hydrogens (tertiary/aromatic N) is 2. The van der Waals surface area contributed by atoms with Gasteiger partial charge in [0, 0.05) is 12.3 Å². The van der Waals surface area contributed by atoms with E-state index in [1.807, 2.05) is 0 Å². The van der Waals surface area contributed by atoms with Gasteiger partial charge in [0.15, 0.2) is 15.0 Å². The average molecular weight is 304 g/mol. The van der Waals surface area contributed by atoms with Crippen molar-refractivity contribution in [2.75, 3.05) is 17.3 Å². The van der Waals surface area contributed by atoms with E-state index in [4.69, 9.17) is 5.11 Å². The predicted molar refractivity (Wildman–Crippen MR) is 69.2 cm³/mol. The Morgan fingerprint density at radius 2 is 2.32 bits per heavy atom. The van der Waals surface area contributed by atoms with Crippen molar-refractivity contribution in [3.8, 4) is 0 Å². The lowest BCUT2D eigenvalue weighted by Crippen LogP contribution is -2.19. The predicted octanol–water partition coefficient (Wildman–Crippen LogP) is -0.220. The number of thioether (sulfide) groups is 1. The Morgan fingerprint density at radius 1 is 1.58 bits per heavy atom. The van der Waals surface area contributed by atoms with Crippen LogP contribution in [0.25, 0.3) is 0 Å².